The van der Waals surface area contributed by atoms with Crippen LogP contribution in [0.1, 0.15) is 43.5 Å². The number of nitrogens with two attached hydrogens (primary N) is 1. The fourth-order valence-electron chi connectivity index (χ4n) is 2.98. The maximum absolute atomic E-state index is 6.03. The van der Waals surface area contributed by atoms with Crippen LogP contribution in [0.3, 0.4) is 0 Å². The highest BCUT2D eigenvalue weighted by Gasteiger charge is 2.35. The third-order valence-electron chi connectivity index (χ3n) is 3.87. The molecule has 1 unspecified atom stereocenters. The smallest absolute Gasteiger partial charge is 0.0482 e. The molecule has 1 heterocycles. The van der Waals surface area contributed by atoms with Crippen LogP contribution in [-0.4, -0.2) is 36.0 Å². The molecule has 0 spiro atoms. The van der Waals surface area contributed by atoms with Gasteiger partial charge in [0.2, 0.25) is 0 Å². The van der Waals surface area contributed by atoms with Crippen molar-refractivity contribution in [3.05, 3.63) is 34.9 Å². The lowest BCUT2D eigenvalue weighted by atomic mass is 9.99. The Kier molecular flexibility index (Phi) is 4.00. The fourth-order valence-corrected chi connectivity index (χ4v) is 2.98. The van der Waals surface area contributed by atoms with Crippen molar-refractivity contribution in [2.75, 3.05) is 20.6 Å². The van der Waals surface area contributed by atoms with Crippen LogP contribution >= 0.6 is 0 Å². The average molecular weight is 261 g/mol. The molecule has 19 heavy (non-hydrogen) atoms. The van der Waals surface area contributed by atoms with Gasteiger partial charge in [-0.2, -0.15) is 0 Å². The van der Waals surface area contributed by atoms with Gasteiger partial charge in [0, 0.05) is 31.2 Å². The van der Waals surface area contributed by atoms with Crippen LogP contribution in [0.4, 0.5) is 0 Å². The largest absolute Gasteiger partial charge is 0.329 e. The second-order valence-electron chi connectivity index (χ2n) is 6.82. The molecular weight excluding hydrogens is 234 g/mol. The Balaban J connectivity index is 2.32. The van der Waals surface area contributed by atoms with Gasteiger partial charge in [-0.1, -0.05) is 18.2 Å². The van der Waals surface area contributed by atoms with Gasteiger partial charge < -0.3 is 10.6 Å². The van der Waals surface area contributed by atoms with Crippen LogP contribution in [0.2, 0.25) is 0 Å². The monoisotopic (exact) mass is 261 g/mol. The minimum Gasteiger partial charge on any atom is -0.329 e. The van der Waals surface area contributed by atoms with Gasteiger partial charge in [-0.05, 0) is 51.6 Å². The first-order valence-corrected chi connectivity index (χ1v) is 7.06. The van der Waals surface area contributed by atoms with Gasteiger partial charge in [0.05, 0.1) is 0 Å². The summed E-state index contributed by atoms with van der Waals surface area (Å²) in [6.45, 7) is 9.49. The summed E-state index contributed by atoms with van der Waals surface area (Å²) in [6, 6.07) is 7.23. The van der Waals surface area contributed by atoms with E-state index in [4.69, 9.17) is 5.73 Å². The summed E-state index contributed by atoms with van der Waals surface area (Å²) in [7, 11) is 4.21. The maximum Gasteiger partial charge on any atom is 0.0482 e. The zero-order chi connectivity index (χ0) is 14.2. The predicted molar refractivity (Wildman–Crippen MR) is 80.9 cm³/mol. The summed E-state index contributed by atoms with van der Waals surface area (Å²) in [5, 5.41) is 0. The van der Waals surface area contributed by atoms with Crippen LogP contribution in [0.25, 0.3) is 0 Å². The Labute approximate surface area is 117 Å². The van der Waals surface area contributed by atoms with Gasteiger partial charge >= 0.3 is 0 Å². The van der Waals surface area contributed by atoms with Crippen LogP contribution in [0, 0.1) is 0 Å². The van der Waals surface area contributed by atoms with E-state index in [9.17, 15) is 0 Å². The first kappa shape index (κ1) is 14.5. The molecular formula is C16H27N3. The molecule has 2 rings (SSSR count). The van der Waals surface area contributed by atoms with Crippen molar-refractivity contribution in [3.63, 3.8) is 0 Å². The van der Waals surface area contributed by atoms with E-state index in [0.29, 0.717) is 12.6 Å². The maximum atomic E-state index is 6.03. The lowest BCUT2D eigenvalue weighted by Gasteiger charge is -2.36. The van der Waals surface area contributed by atoms with E-state index >= 15 is 0 Å². The second kappa shape index (κ2) is 5.23. The van der Waals surface area contributed by atoms with Gasteiger partial charge in [0.25, 0.3) is 0 Å². The van der Waals surface area contributed by atoms with Gasteiger partial charge in [0.1, 0.15) is 0 Å². The minimum absolute atomic E-state index is 0.158. The Morgan fingerprint density at radius 1 is 1.32 bits per heavy atom. The molecule has 1 atom stereocenters. The topological polar surface area (TPSA) is 32.5 Å². The van der Waals surface area contributed by atoms with Gasteiger partial charge in [-0.15, -0.1) is 0 Å². The van der Waals surface area contributed by atoms with E-state index in [1.54, 1.807) is 0 Å². The van der Waals surface area contributed by atoms with E-state index in [1.807, 2.05) is 0 Å². The van der Waals surface area contributed by atoms with E-state index in [1.165, 1.54) is 16.7 Å². The SMILES string of the molecule is CN(C)Cc1ccc2c(c1)C(CN)N(C(C)(C)C)C2. The summed E-state index contributed by atoms with van der Waals surface area (Å²) in [6.07, 6.45) is 0. The summed E-state index contributed by atoms with van der Waals surface area (Å²) in [5.41, 5.74) is 10.4. The first-order valence-electron chi connectivity index (χ1n) is 7.06. The van der Waals surface area contributed by atoms with Crippen LogP contribution < -0.4 is 5.73 Å². The van der Waals surface area contributed by atoms with Gasteiger partial charge in [0.15, 0.2) is 0 Å². The van der Waals surface area contributed by atoms with E-state index in [0.717, 1.165) is 13.1 Å². The normalized spacial score (nSPS) is 20.1. The molecule has 106 valence electrons. The molecule has 2 N–H and O–H groups in total. The number of benzene rings is 1. The molecule has 3 nitrogen and oxygen atoms in total. The predicted octanol–water partition coefficient (Wildman–Crippen LogP) is 2.36. The molecule has 0 fully saturated rings. The lowest BCUT2D eigenvalue weighted by molar-refractivity contribution is 0.0948. The molecule has 3 heteroatoms. The molecule has 0 bridgehead atoms. The fraction of sp³-hybridized carbons (Fsp3) is 0.625. The highest BCUT2D eigenvalue weighted by atomic mass is 15.2. The highest BCUT2D eigenvalue weighted by molar-refractivity contribution is 5.38. The van der Waals surface area contributed by atoms with E-state index in [2.05, 4.69) is 62.9 Å². The molecule has 0 saturated heterocycles. The zero-order valence-corrected chi connectivity index (χ0v) is 12.9. The van der Waals surface area contributed by atoms with Crippen molar-refractivity contribution in [3.8, 4) is 0 Å². The van der Waals surface area contributed by atoms with Crippen LogP contribution in [0.5, 0.6) is 0 Å². The molecule has 0 saturated carbocycles. The molecule has 0 amide bonds. The summed E-state index contributed by atoms with van der Waals surface area (Å²) in [5.74, 6) is 0. The van der Waals surface area contributed by atoms with Crippen molar-refractivity contribution in [2.24, 2.45) is 5.73 Å². The van der Waals surface area contributed by atoms with Crippen LogP contribution in [0.15, 0.2) is 18.2 Å². The minimum atomic E-state index is 0.158. The summed E-state index contributed by atoms with van der Waals surface area (Å²) < 4.78 is 0. The molecule has 0 aliphatic carbocycles. The Bertz CT molecular complexity index is 446. The van der Waals surface area contributed by atoms with Crippen molar-refractivity contribution in [2.45, 2.75) is 45.4 Å². The summed E-state index contributed by atoms with van der Waals surface area (Å²) in [4.78, 5) is 4.72. The number of rotatable bonds is 3. The van der Waals surface area contributed by atoms with E-state index < -0.39 is 0 Å². The molecule has 0 aromatic heterocycles. The highest BCUT2D eigenvalue weighted by Crippen LogP contribution is 2.38. The average Bonchev–Trinajstić information content (AvgIpc) is 2.65. The standard InChI is InChI=1S/C16H27N3/c1-16(2,3)19-11-13-7-6-12(10-18(4)5)8-14(13)15(19)9-17/h6-8,15H,9-11,17H2,1-5H3. The van der Waals surface area contributed by atoms with Gasteiger partial charge in [-0.3, -0.25) is 4.90 Å². The first-order chi connectivity index (χ1) is 8.82. The molecule has 0 radical (unpaired) electrons. The number of hydrogen-bond donors (Lipinski definition) is 1. The quantitative estimate of drug-likeness (QED) is 0.906. The van der Waals surface area contributed by atoms with Crippen molar-refractivity contribution in [1.82, 2.24) is 9.80 Å². The molecule has 1 aliphatic heterocycles. The second-order valence-corrected chi connectivity index (χ2v) is 6.82. The van der Waals surface area contributed by atoms with Crippen molar-refractivity contribution >= 4 is 0 Å². The lowest BCUT2D eigenvalue weighted by Crippen LogP contribution is -2.42. The molecule has 1 aromatic carbocycles. The van der Waals surface area contributed by atoms with Gasteiger partial charge in [-0.25, -0.2) is 0 Å². The van der Waals surface area contributed by atoms with Crippen molar-refractivity contribution in [1.29, 1.82) is 0 Å². The number of nitrogens with zero attached hydrogens (tertiary/aromatic N) is 2. The molecule has 1 aromatic rings. The van der Waals surface area contributed by atoms with Crippen molar-refractivity contribution < 1.29 is 0 Å². The Morgan fingerprint density at radius 3 is 2.53 bits per heavy atom. The third kappa shape index (κ3) is 2.99. The molecule has 1 aliphatic rings. The Morgan fingerprint density at radius 2 is 2.00 bits per heavy atom. The number of hydrogen-bond acceptors (Lipinski definition) is 3. The van der Waals surface area contributed by atoms with E-state index in [-0.39, 0.29) is 5.54 Å². The zero-order valence-electron chi connectivity index (χ0n) is 12.9. The van der Waals surface area contributed by atoms with Crippen LogP contribution in [-0.2, 0) is 13.1 Å². The third-order valence-corrected chi connectivity index (χ3v) is 3.87. The summed E-state index contributed by atoms with van der Waals surface area (Å²) >= 11 is 0. The number of fused-ring (bicyclic) bond motifs is 1. The Hall–Kier alpha value is -0.900.